The van der Waals surface area contributed by atoms with Crippen LogP contribution in [-0.2, 0) is 14.8 Å². The highest BCUT2D eigenvalue weighted by Crippen LogP contribution is 2.28. The van der Waals surface area contributed by atoms with Crippen molar-refractivity contribution in [3.8, 4) is 0 Å². The van der Waals surface area contributed by atoms with E-state index in [0.717, 1.165) is 6.42 Å². The molecule has 1 fully saturated rings. The maximum Gasteiger partial charge on any atom is 0.263 e. The van der Waals surface area contributed by atoms with E-state index in [4.69, 9.17) is 5.73 Å². The van der Waals surface area contributed by atoms with Crippen LogP contribution in [0.5, 0.6) is 0 Å². The Hall–Kier alpha value is -1.93. The fraction of sp³-hybridized carbons (Fsp3) is 0.467. The number of likely N-dealkylation sites (tertiary alicyclic amines) is 1. The normalized spacial score (nSPS) is 27.0. The molecule has 124 valence electrons. The van der Waals surface area contributed by atoms with E-state index in [1.807, 2.05) is 0 Å². The number of nitrogens with one attached hydrogen (secondary N) is 1. The van der Waals surface area contributed by atoms with Crippen LogP contribution in [0.2, 0.25) is 0 Å². The van der Waals surface area contributed by atoms with Crippen molar-refractivity contribution in [1.29, 1.82) is 0 Å². The number of hydrogen-bond acceptors (Lipinski definition) is 5. The molecule has 23 heavy (non-hydrogen) atoms. The third kappa shape index (κ3) is 2.96. The van der Waals surface area contributed by atoms with Gasteiger partial charge in [0.15, 0.2) is 0 Å². The molecule has 1 unspecified atom stereocenters. The molecule has 3 rings (SSSR count). The van der Waals surface area contributed by atoms with Crippen LogP contribution in [0.15, 0.2) is 34.2 Å². The van der Waals surface area contributed by atoms with Crippen LogP contribution in [-0.4, -0.2) is 51.2 Å². The Morgan fingerprint density at radius 3 is 2.87 bits per heavy atom. The van der Waals surface area contributed by atoms with Gasteiger partial charge in [0.2, 0.25) is 5.91 Å². The van der Waals surface area contributed by atoms with Crippen LogP contribution in [0.3, 0.4) is 0 Å². The summed E-state index contributed by atoms with van der Waals surface area (Å²) in [5, 5.41) is 0. The number of nitrogens with zero attached hydrogens (tertiary/aromatic N) is 2. The van der Waals surface area contributed by atoms with Gasteiger partial charge >= 0.3 is 0 Å². The Labute approximate surface area is 135 Å². The van der Waals surface area contributed by atoms with Gasteiger partial charge in [-0.25, -0.2) is 8.42 Å². The maximum absolute atomic E-state index is 12.3. The minimum Gasteiger partial charge on any atom is -0.340 e. The maximum atomic E-state index is 12.3. The number of rotatable bonds is 3. The molecule has 1 aromatic carbocycles. The van der Waals surface area contributed by atoms with E-state index in [9.17, 15) is 13.2 Å². The van der Waals surface area contributed by atoms with Crippen molar-refractivity contribution in [1.82, 2.24) is 9.62 Å². The van der Waals surface area contributed by atoms with Crippen LogP contribution in [0.1, 0.15) is 18.9 Å². The van der Waals surface area contributed by atoms with Crippen molar-refractivity contribution in [3.63, 3.8) is 0 Å². The van der Waals surface area contributed by atoms with Crippen molar-refractivity contribution in [2.45, 2.75) is 18.2 Å². The lowest BCUT2D eigenvalue weighted by Gasteiger charge is -2.22. The molecule has 2 heterocycles. The second-order valence-electron chi connectivity index (χ2n) is 6.35. The van der Waals surface area contributed by atoms with E-state index in [0.29, 0.717) is 25.2 Å². The molecular formula is C15H20N4O3S. The summed E-state index contributed by atoms with van der Waals surface area (Å²) in [4.78, 5) is 18.4. The molecule has 8 heteroatoms. The van der Waals surface area contributed by atoms with Crippen LogP contribution in [0.25, 0.3) is 0 Å². The smallest absolute Gasteiger partial charge is 0.263 e. The topological polar surface area (TPSA) is 105 Å². The van der Waals surface area contributed by atoms with Gasteiger partial charge < -0.3 is 10.6 Å². The summed E-state index contributed by atoms with van der Waals surface area (Å²) in [5.74, 6) is 0.119. The molecule has 0 bridgehead atoms. The molecule has 0 saturated carbocycles. The van der Waals surface area contributed by atoms with Crippen LogP contribution < -0.4 is 10.5 Å². The second kappa shape index (κ2) is 5.61. The minimum atomic E-state index is -3.57. The summed E-state index contributed by atoms with van der Waals surface area (Å²) in [6.07, 6.45) is 0.876. The first-order chi connectivity index (χ1) is 10.8. The third-order valence-electron chi connectivity index (χ3n) is 4.44. The molecule has 2 aliphatic heterocycles. The van der Waals surface area contributed by atoms with Crippen molar-refractivity contribution in [2.75, 3.05) is 26.2 Å². The molecule has 1 atom stereocenters. The number of carbonyl (C=O) groups excluding carboxylic acids is 1. The van der Waals surface area contributed by atoms with Gasteiger partial charge in [-0.15, -0.1) is 0 Å². The lowest BCUT2D eigenvalue weighted by Crippen LogP contribution is -2.36. The fourth-order valence-electron chi connectivity index (χ4n) is 2.90. The molecule has 2 aliphatic rings. The van der Waals surface area contributed by atoms with Gasteiger partial charge in [0.1, 0.15) is 12.4 Å². The Morgan fingerprint density at radius 1 is 1.43 bits per heavy atom. The molecule has 1 aromatic rings. The molecule has 0 spiro atoms. The fourth-order valence-corrected chi connectivity index (χ4v) is 4.15. The van der Waals surface area contributed by atoms with Gasteiger partial charge in [0.05, 0.1) is 4.90 Å². The van der Waals surface area contributed by atoms with E-state index >= 15 is 0 Å². The van der Waals surface area contributed by atoms with Gasteiger partial charge in [-0.2, -0.15) is 0 Å². The van der Waals surface area contributed by atoms with Gasteiger partial charge in [-0.1, -0.05) is 19.1 Å². The van der Waals surface area contributed by atoms with Gasteiger partial charge in [-0.3, -0.25) is 14.5 Å². The summed E-state index contributed by atoms with van der Waals surface area (Å²) in [5.41, 5.74) is 6.22. The summed E-state index contributed by atoms with van der Waals surface area (Å²) >= 11 is 0. The number of amides is 1. The molecular weight excluding hydrogens is 316 g/mol. The number of sulfonamides is 1. The van der Waals surface area contributed by atoms with E-state index in [2.05, 4.69) is 16.6 Å². The molecule has 0 aliphatic carbocycles. The first-order valence-electron chi connectivity index (χ1n) is 7.49. The number of nitrogens with two attached hydrogens (primary N) is 1. The quantitative estimate of drug-likeness (QED) is 0.805. The van der Waals surface area contributed by atoms with Crippen molar-refractivity contribution in [2.24, 2.45) is 16.1 Å². The average molecular weight is 336 g/mol. The molecule has 0 aromatic heterocycles. The highest BCUT2D eigenvalue weighted by Gasteiger charge is 2.35. The van der Waals surface area contributed by atoms with Crippen LogP contribution in [0.4, 0.5) is 0 Å². The Morgan fingerprint density at radius 2 is 2.17 bits per heavy atom. The second-order valence-corrected chi connectivity index (χ2v) is 8.00. The molecule has 3 N–H and O–H groups in total. The molecule has 1 amide bonds. The Bertz CT molecular complexity index is 775. The summed E-state index contributed by atoms with van der Waals surface area (Å²) in [6.45, 7) is 3.81. The van der Waals surface area contributed by atoms with E-state index in [-0.39, 0.29) is 28.6 Å². The predicted octanol–water partition coefficient (Wildman–Crippen LogP) is -0.0776. The van der Waals surface area contributed by atoms with Gasteiger partial charge in [0, 0.05) is 18.7 Å². The highest BCUT2D eigenvalue weighted by molar-refractivity contribution is 7.90. The largest absolute Gasteiger partial charge is 0.340 e. The average Bonchev–Trinajstić information content (AvgIpc) is 3.05. The van der Waals surface area contributed by atoms with E-state index < -0.39 is 10.0 Å². The van der Waals surface area contributed by atoms with Crippen LogP contribution >= 0.6 is 0 Å². The molecule has 1 saturated heterocycles. The monoisotopic (exact) mass is 336 g/mol. The molecule has 0 radical (unpaired) electrons. The summed E-state index contributed by atoms with van der Waals surface area (Å²) < 4.78 is 26.4. The van der Waals surface area contributed by atoms with Gasteiger partial charge in [0.25, 0.3) is 10.0 Å². The first kappa shape index (κ1) is 15.9. The number of hydrogen-bond donors (Lipinski definition) is 2. The number of benzene rings is 1. The minimum absolute atomic E-state index is 0.0374. The highest BCUT2D eigenvalue weighted by atomic mass is 32.2. The van der Waals surface area contributed by atoms with E-state index in [1.165, 1.54) is 6.07 Å². The Kier molecular flexibility index (Phi) is 3.89. The SMILES string of the molecule is CC1(CN)CCN(C(=O)CN=C2NS(=O)(=O)c3ccccc32)C1. The zero-order valence-corrected chi connectivity index (χ0v) is 13.8. The van der Waals surface area contributed by atoms with Crippen molar-refractivity contribution in [3.05, 3.63) is 29.8 Å². The van der Waals surface area contributed by atoms with Crippen LogP contribution in [0, 0.1) is 5.41 Å². The Balaban J connectivity index is 1.74. The number of amidine groups is 1. The first-order valence-corrected chi connectivity index (χ1v) is 8.97. The lowest BCUT2D eigenvalue weighted by atomic mass is 9.90. The van der Waals surface area contributed by atoms with Crippen molar-refractivity contribution >= 4 is 21.8 Å². The number of fused-ring (bicyclic) bond motifs is 1. The predicted molar refractivity (Wildman–Crippen MR) is 86.5 cm³/mol. The number of aliphatic imine (C=N–C) groups is 1. The summed E-state index contributed by atoms with van der Waals surface area (Å²) in [6, 6.07) is 6.60. The standard InChI is InChI=1S/C15H20N4O3S/c1-15(9-16)6-7-19(10-15)13(20)8-17-14-11-4-2-3-5-12(11)23(21,22)18-14/h2-5H,6-10,16H2,1H3,(H,17,18). The summed E-state index contributed by atoms with van der Waals surface area (Å²) in [7, 11) is -3.57. The van der Waals surface area contributed by atoms with Crippen molar-refractivity contribution < 1.29 is 13.2 Å². The van der Waals surface area contributed by atoms with E-state index in [1.54, 1.807) is 23.1 Å². The lowest BCUT2D eigenvalue weighted by molar-refractivity contribution is -0.128. The zero-order chi connectivity index (χ0) is 16.7. The zero-order valence-electron chi connectivity index (χ0n) is 12.9. The number of carbonyl (C=O) groups is 1. The van der Waals surface area contributed by atoms with Gasteiger partial charge in [-0.05, 0) is 30.5 Å². The molecule has 7 nitrogen and oxygen atoms in total. The third-order valence-corrected chi connectivity index (χ3v) is 5.84.